The van der Waals surface area contributed by atoms with Crippen molar-refractivity contribution < 1.29 is 0 Å². The van der Waals surface area contributed by atoms with Gasteiger partial charge in [0.1, 0.15) is 0 Å². The number of allylic oxidation sites excluding steroid dienone is 1. The van der Waals surface area contributed by atoms with Crippen LogP contribution in [0.1, 0.15) is 51.8 Å². The second-order valence-corrected chi connectivity index (χ2v) is 6.08. The maximum atomic E-state index is 2.38. The first-order valence-electron chi connectivity index (χ1n) is 7.39. The molecule has 0 amide bonds. The molecule has 0 N–H and O–H groups in total. The van der Waals surface area contributed by atoms with Crippen LogP contribution in [0.15, 0.2) is 30.3 Å². The quantitative estimate of drug-likeness (QED) is 0.629. The summed E-state index contributed by atoms with van der Waals surface area (Å²) in [4.78, 5) is 0. The van der Waals surface area contributed by atoms with E-state index in [0.717, 1.165) is 0 Å². The van der Waals surface area contributed by atoms with Gasteiger partial charge in [-0.3, -0.25) is 0 Å². The second kappa shape index (κ2) is 4.63. The summed E-state index contributed by atoms with van der Waals surface area (Å²) in [6, 6.07) is 11.2. The van der Waals surface area contributed by atoms with Gasteiger partial charge in [0.25, 0.3) is 0 Å². The molecule has 0 saturated heterocycles. The van der Waals surface area contributed by atoms with Crippen molar-refractivity contribution in [3.05, 3.63) is 69.3 Å². The Labute approximate surface area is 122 Å². The maximum Gasteiger partial charge on any atom is 0.00758 e. The number of hydrogen-bond acceptors (Lipinski definition) is 0. The zero-order chi connectivity index (χ0) is 14.4. The van der Waals surface area contributed by atoms with Gasteiger partial charge in [0.15, 0.2) is 0 Å². The molecule has 0 bridgehead atoms. The van der Waals surface area contributed by atoms with E-state index >= 15 is 0 Å². The summed E-state index contributed by atoms with van der Waals surface area (Å²) in [7, 11) is 0. The van der Waals surface area contributed by atoms with Crippen molar-refractivity contribution in [3.8, 4) is 0 Å². The van der Waals surface area contributed by atoms with Gasteiger partial charge in [0.2, 0.25) is 0 Å². The maximum absolute atomic E-state index is 2.38. The van der Waals surface area contributed by atoms with E-state index in [1.807, 2.05) is 0 Å². The minimum Gasteiger partial charge on any atom is -0.0614 e. The molecule has 2 aromatic carbocycles. The Morgan fingerprint density at radius 1 is 0.800 bits per heavy atom. The van der Waals surface area contributed by atoms with Crippen molar-refractivity contribution in [2.75, 3.05) is 0 Å². The standard InChI is InChI=1S/C20H22/c1-12-9-10-18(15(4)14(12)3)19-11-17-8-6-7-13(2)20(17)16(19)5/h6-11,16H,1-5H3. The van der Waals surface area contributed by atoms with Gasteiger partial charge < -0.3 is 0 Å². The average Bonchev–Trinajstić information content (AvgIpc) is 2.75. The number of benzene rings is 2. The SMILES string of the molecule is Cc1ccc(C2=Cc3cccc(C)c3C2C)c(C)c1C. The Balaban J connectivity index is 2.15. The first-order chi connectivity index (χ1) is 9.50. The lowest BCUT2D eigenvalue weighted by Gasteiger charge is -2.17. The molecule has 20 heavy (non-hydrogen) atoms. The molecule has 0 fully saturated rings. The normalized spacial score (nSPS) is 17.1. The van der Waals surface area contributed by atoms with Crippen LogP contribution >= 0.6 is 0 Å². The molecule has 1 aliphatic rings. The van der Waals surface area contributed by atoms with Crippen molar-refractivity contribution in [2.24, 2.45) is 0 Å². The van der Waals surface area contributed by atoms with E-state index in [-0.39, 0.29) is 0 Å². The third-order valence-corrected chi connectivity index (χ3v) is 4.94. The van der Waals surface area contributed by atoms with Crippen molar-refractivity contribution in [1.29, 1.82) is 0 Å². The van der Waals surface area contributed by atoms with E-state index in [1.54, 1.807) is 0 Å². The predicted octanol–water partition coefficient (Wildman–Crippen LogP) is 5.58. The van der Waals surface area contributed by atoms with Crippen LogP contribution < -0.4 is 0 Å². The lowest BCUT2D eigenvalue weighted by molar-refractivity contribution is 0.987. The Hall–Kier alpha value is -1.82. The van der Waals surface area contributed by atoms with Crippen LogP contribution in [-0.2, 0) is 0 Å². The molecule has 0 aromatic heterocycles. The molecule has 2 aromatic rings. The number of rotatable bonds is 1. The monoisotopic (exact) mass is 262 g/mol. The highest BCUT2D eigenvalue weighted by Gasteiger charge is 2.25. The van der Waals surface area contributed by atoms with Gasteiger partial charge in [-0.05, 0) is 72.2 Å². The fourth-order valence-corrected chi connectivity index (χ4v) is 3.45. The van der Waals surface area contributed by atoms with Crippen LogP contribution in [-0.4, -0.2) is 0 Å². The van der Waals surface area contributed by atoms with Crippen molar-refractivity contribution in [3.63, 3.8) is 0 Å². The molecule has 1 atom stereocenters. The van der Waals surface area contributed by atoms with Gasteiger partial charge in [-0.15, -0.1) is 0 Å². The van der Waals surface area contributed by atoms with E-state index in [9.17, 15) is 0 Å². The first kappa shape index (κ1) is 13.2. The zero-order valence-corrected chi connectivity index (χ0v) is 13.0. The molecule has 0 radical (unpaired) electrons. The molecule has 0 nitrogen and oxygen atoms in total. The van der Waals surface area contributed by atoms with Crippen LogP contribution in [0.4, 0.5) is 0 Å². The molecular formula is C20H22. The number of fused-ring (bicyclic) bond motifs is 1. The summed E-state index contributed by atoms with van der Waals surface area (Å²) in [5.74, 6) is 0.493. The van der Waals surface area contributed by atoms with Crippen molar-refractivity contribution in [1.82, 2.24) is 0 Å². The summed E-state index contributed by atoms with van der Waals surface area (Å²) < 4.78 is 0. The van der Waals surface area contributed by atoms with Gasteiger partial charge in [0, 0.05) is 5.92 Å². The minimum absolute atomic E-state index is 0.493. The largest absolute Gasteiger partial charge is 0.0614 e. The first-order valence-corrected chi connectivity index (χ1v) is 7.39. The average molecular weight is 262 g/mol. The minimum atomic E-state index is 0.493. The van der Waals surface area contributed by atoms with Crippen molar-refractivity contribution >= 4 is 11.6 Å². The smallest absolute Gasteiger partial charge is 0.00758 e. The predicted molar refractivity (Wildman–Crippen MR) is 88.1 cm³/mol. The fraction of sp³-hybridized carbons (Fsp3) is 0.300. The molecule has 0 aliphatic heterocycles. The third kappa shape index (κ3) is 1.83. The van der Waals surface area contributed by atoms with Gasteiger partial charge in [0.05, 0.1) is 0 Å². The Morgan fingerprint density at radius 3 is 2.25 bits per heavy atom. The Kier molecular flexibility index (Phi) is 3.05. The van der Waals surface area contributed by atoms with Crippen LogP contribution in [0.5, 0.6) is 0 Å². The summed E-state index contributed by atoms with van der Waals surface area (Å²) in [6.07, 6.45) is 2.38. The number of hydrogen-bond donors (Lipinski definition) is 0. The molecule has 0 heterocycles. The van der Waals surface area contributed by atoms with Gasteiger partial charge >= 0.3 is 0 Å². The highest BCUT2D eigenvalue weighted by Crippen LogP contribution is 2.44. The van der Waals surface area contributed by atoms with Crippen LogP contribution in [0.2, 0.25) is 0 Å². The molecule has 3 rings (SSSR count). The molecule has 1 aliphatic carbocycles. The van der Waals surface area contributed by atoms with Crippen LogP contribution in [0.3, 0.4) is 0 Å². The van der Waals surface area contributed by atoms with Crippen molar-refractivity contribution in [2.45, 2.75) is 40.5 Å². The Morgan fingerprint density at radius 2 is 1.55 bits per heavy atom. The molecular weight excluding hydrogens is 240 g/mol. The lowest BCUT2D eigenvalue weighted by Crippen LogP contribution is -1.99. The summed E-state index contributed by atoms with van der Waals surface area (Å²) in [5, 5.41) is 0. The highest BCUT2D eigenvalue weighted by atomic mass is 14.3. The fourth-order valence-electron chi connectivity index (χ4n) is 3.45. The lowest BCUT2D eigenvalue weighted by atomic mass is 9.87. The van der Waals surface area contributed by atoms with Gasteiger partial charge in [-0.1, -0.05) is 43.3 Å². The van der Waals surface area contributed by atoms with E-state index < -0.39 is 0 Å². The summed E-state index contributed by atoms with van der Waals surface area (Å²) >= 11 is 0. The van der Waals surface area contributed by atoms with E-state index in [1.165, 1.54) is 44.5 Å². The Bertz CT molecular complexity index is 717. The third-order valence-electron chi connectivity index (χ3n) is 4.94. The van der Waals surface area contributed by atoms with E-state index in [0.29, 0.717) is 5.92 Å². The second-order valence-electron chi connectivity index (χ2n) is 6.08. The van der Waals surface area contributed by atoms with Gasteiger partial charge in [-0.2, -0.15) is 0 Å². The molecule has 0 spiro atoms. The highest BCUT2D eigenvalue weighted by molar-refractivity contribution is 5.93. The molecule has 1 unspecified atom stereocenters. The summed E-state index contributed by atoms with van der Waals surface area (Å²) in [6.45, 7) is 11.2. The van der Waals surface area contributed by atoms with Gasteiger partial charge in [-0.25, -0.2) is 0 Å². The molecule has 0 heteroatoms. The topological polar surface area (TPSA) is 0 Å². The van der Waals surface area contributed by atoms with Crippen LogP contribution in [0.25, 0.3) is 11.6 Å². The number of aryl methyl sites for hydroxylation is 2. The summed E-state index contributed by atoms with van der Waals surface area (Å²) in [5.41, 5.74) is 11.4. The molecule has 0 saturated carbocycles. The zero-order valence-electron chi connectivity index (χ0n) is 13.0. The van der Waals surface area contributed by atoms with Crippen LogP contribution in [0, 0.1) is 27.7 Å². The van der Waals surface area contributed by atoms with E-state index in [2.05, 4.69) is 71.0 Å². The molecule has 102 valence electrons. The van der Waals surface area contributed by atoms with E-state index in [4.69, 9.17) is 0 Å².